The molecule has 0 atom stereocenters. The van der Waals surface area contributed by atoms with Gasteiger partial charge in [0.1, 0.15) is 5.82 Å². The number of anilines is 2. The highest BCUT2D eigenvalue weighted by atomic mass is 19.3. The average molecular weight is 323 g/mol. The lowest BCUT2D eigenvalue weighted by molar-refractivity contribution is 0.0517. The summed E-state index contributed by atoms with van der Waals surface area (Å²) in [5.74, 6) is -1.23. The number of halogens is 3. The second kappa shape index (κ2) is 7.17. The lowest BCUT2D eigenvalue weighted by Crippen LogP contribution is -2.12. The Bertz CT molecular complexity index is 717. The molecule has 0 amide bonds. The minimum absolute atomic E-state index is 0.0748. The van der Waals surface area contributed by atoms with Gasteiger partial charge in [-0.1, -0.05) is 12.1 Å². The Hall–Kier alpha value is -2.50. The zero-order valence-electron chi connectivity index (χ0n) is 12.7. The van der Waals surface area contributed by atoms with Crippen LogP contribution in [-0.2, 0) is 4.74 Å². The van der Waals surface area contributed by atoms with E-state index in [9.17, 15) is 18.0 Å². The first kappa shape index (κ1) is 16.9. The molecule has 0 fully saturated rings. The Balaban J connectivity index is 2.48. The third-order valence-electron chi connectivity index (χ3n) is 3.27. The molecule has 0 aliphatic carbocycles. The summed E-state index contributed by atoms with van der Waals surface area (Å²) in [6, 6.07) is 8.14. The van der Waals surface area contributed by atoms with Gasteiger partial charge < -0.3 is 10.1 Å². The minimum Gasteiger partial charge on any atom is -0.462 e. The average Bonchev–Trinajstić information content (AvgIpc) is 2.50. The molecule has 2 aromatic carbocycles. The van der Waals surface area contributed by atoms with Crippen molar-refractivity contribution in [3.63, 3.8) is 0 Å². The number of carbonyl (C=O) groups excluding carboxylic acids is 1. The Labute approximate surface area is 132 Å². The van der Waals surface area contributed by atoms with Gasteiger partial charge in [0, 0.05) is 11.3 Å². The predicted molar refractivity (Wildman–Crippen MR) is 81.8 cm³/mol. The van der Waals surface area contributed by atoms with Gasteiger partial charge in [0.05, 0.1) is 17.9 Å². The summed E-state index contributed by atoms with van der Waals surface area (Å²) in [6.07, 6.45) is -2.81. The van der Waals surface area contributed by atoms with Gasteiger partial charge in [-0.3, -0.25) is 0 Å². The Morgan fingerprint density at radius 2 is 1.96 bits per heavy atom. The van der Waals surface area contributed by atoms with E-state index in [1.165, 1.54) is 36.4 Å². The van der Waals surface area contributed by atoms with E-state index in [4.69, 9.17) is 4.74 Å². The van der Waals surface area contributed by atoms with E-state index >= 15 is 0 Å². The standard InChI is InChI=1S/C17H16F3NO2/c1-3-23-17(22)15-12(16(19)20)5-4-6-14(15)21-13-8-7-11(18)9-10(13)2/h4-9,16,21H,3H2,1-2H3. The van der Waals surface area contributed by atoms with E-state index in [0.717, 1.165) is 0 Å². The van der Waals surface area contributed by atoms with Crippen LogP contribution in [0.1, 0.15) is 34.8 Å². The van der Waals surface area contributed by atoms with Crippen molar-refractivity contribution >= 4 is 17.3 Å². The molecule has 2 rings (SSSR count). The van der Waals surface area contributed by atoms with Crippen molar-refractivity contribution in [1.82, 2.24) is 0 Å². The molecule has 0 radical (unpaired) electrons. The zero-order chi connectivity index (χ0) is 17.0. The van der Waals surface area contributed by atoms with Crippen LogP contribution in [0.2, 0.25) is 0 Å². The molecule has 0 aliphatic heterocycles. The van der Waals surface area contributed by atoms with E-state index in [2.05, 4.69) is 5.32 Å². The van der Waals surface area contributed by atoms with Gasteiger partial charge in [-0.2, -0.15) is 0 Å². The fraction of sp³-hybridized carbons (Fsp3) is 0.235. The number of aryl methyl sites for hydroxylation is 1. The summed E-state index contributed by atoms with van der Waals surface area (Å²) in [5.41, 5.74) is 0.669. The van der Waals surface area contributed by atoms with E-state index in [1.807, 2.05) is 0 Å². The SMILES string of the molecule is CCOC(=O)c1c(Nc2ccc(F)cc2C)cccc1C(F)F. The van der Waals surface area contributed by atoms with Crippen molar-refractivity contribution in [2.75, 3.05) is 11.9 Å². The van der Waals surface area contributed by atoms with Crippen LogP contribution in [0.3, 0.4) is 0 Å². The smallest absolute Gasteiger partial charge is 0.340 e. The number of alkyl halides is 2. The second-order valence-electron chi connectivity index (χ2n) is 4.88. The van der Waals surface area contributed by atoms with E-state index < -0.39 is 23.8 Å². The first-order chi connectivity index (χ1) is 10.9. The maximum Gasteiger partial charge on any atom is 0.340 e. The van der Waals surface area contributed by atoms with Crippen molar-refractivity contribution in [3.8, 4) is 0 Å². The van der Waals surface area contributed by atoms with Crippen LogP contribution < -0.4 is 5.32 Å². The first-order valence-electron chi connectivity index (χ1n) is 7.05. The molecule has 0 aliphatic rings. The molecule has 122 valence electrons. The molecule has 0 bridgehead atoms. The second-order valence-corrected chi connectivity index (χ2v) is 4.88. The highest BCUT2D eigenvalue weighted by molar-refractivity contribution is 5.98. The van der Waals surface area contributed by atoms with E-state index in [1.54, 1.807) is 13.8 Å². The molecule has 23 heavy (non-hydrogen) atoms. The minimum atomic E-state index is -2.81. The molecule has 6 heteroatoms. The van der Waals surface area contributed by atoms with Crippen molar-refractivity contribution in [1.29, 1.82) is 0 Å². The Kier molecular flexibility index (Phi) is 5.26. The van der Waals surface area contributed by atoms with Crippen molar-refractivity contribution in [2.45, 2.75) is 20.3 Å². The zero-order valence-corrected chi connectivity index (χ0v) is 12.7. The van der Waals surface area contributed by atoms with Gasteiger partial charge >= 0.3 is 5.97 Å². The number of rotatable bonds is 5. The predicted octanol–water partition coefficient (Wildman–Crippen LogP) is 4.99. The van der Waals surface area contributed by atoms with Crippen LogP contribution in [0.15, 0.2) is 36.4 Å². The number of nitrogens with one attached hydrogen (secondary N) is 1. The van der Waals surface area contributed by atoms with Gasteiger partial charge in [-0.15, -0.1) is 0 Å². The highest BCUT2D eigenvalue weighted by Crippen LogP contribution is 2.31. The summed E-state index contributed by atoms with van der Waals surface area (Å²) in [4.78, 5) is 12.1. The van der Waals surface area contributed by atoms with Gasteiger partial charge in [0.25, 0.3) is 6.43 Å². The normalized spacial score (nSPS) is 10.7. The monoisotopic (exact) mass is 323 g/mol. The molecular formula is C17H16F3NO2. The van der Waals surface area contributed by atoms with E-state index in [-0.39, 0.29) is 17.9 Å². The van der Waals surface area contributed by atoms with Crippen LogP contribution in [0.5, 0.6) is 0 Å². The lowest BCUT2D eigenvalue weighted by Gasteiger charge is -2.16. The molecule has 2 aromatic rings. The van der Waals surface area contributed by atoms with Crippen LogP contribution >= 0.6 is 0 Å². The first-order valence-corrected chi connectivity index (χ1v) is 7.05. The molecule has 0 aromatic heterocycles. The van der Waals surface area contributed by atoms with Gasteiger partial charge in [0.2, 0.25) is 0 Å². The number of hydrogen-bond acceptors (Lipinski definition) is 3. The maximum atomic E-state index is 13.2. The van der Waals surface area contributed by atoms with Crippen molar-refractivity contribution in [2.24, 2.45) is 0 Å². The van der Waals surface area contributed by atoms with Crippen LogP contribution in [0.4, 0.5) is 24.5 Å². The number of esters is 1. The molecule has 0 spiro atoms. The van der Waals surface area contributed by atoms with E-state index in [0.29, 0.717) is 11.3 Å². The summed E-state index contributed by atoms with van der Waals surface area (Å²) in [6.45, 7) is 3.35. The summed E-state index contributed by atoms with van der Waals surface area (Å²) >= 11 is 0. The molecule has 0 saturated heterocycles. The molecule has 3 nitrogen and oxygen atoms in total. The summed E-state index contributed by atoms with van der Waals surface area (Å²) in [5, 5.41) is 2.90. The topological polar surface area (TPSA) is 38.3 Å². The summed E-state index contributed by atoms with van der Waals surface area (Å²) in [7, 11) is 0. The largest absolute Gasteiger partial charge is 0.462 e. The fourth-order valence-corrected chi connectivity index (χ4v) is 2.20. The maximum absolute atomic E-state index is 13.2. The molecular weight excluding hydrogens is 307 g/mol. The molecule has 1 N–H and O–H groups in total. The van der Waals surface area contributed by atoms with Gasteiger partial charge in [-0.25, -0.2) is 18.0 Å². The third kappa shape index (κ3) is 3.83. The number of carbonyl (C=O) groups is 1. The molecule has 0 saturated carbocycles. The van der Waals surface area contributed by atoms with Crippen molar-refractivity contribution in [3.05, 3.63) is 58.9 Å². The molecule has 0 unspecified atom stereocenters. The quantitative estimate of drug-likeness (QED) is 0.788. The third-order valence-corrected chi connectivity index (χ3v) is 3.27. The van der Waals surface area contributed by atoms with Crippen LogP contribution in [0.25, 0.3) is 0 Å². The van der Waals surface area contributed by atoms with Gasteiger partial charge in [-0.05, 0) is 43.7 Å². The fourth-order valence-electron chi connectivity index (χ4n) is 2.20. The number of hydrogen-bond donors (Lipinski definition) is 1. The van der Waals surface area contributed by atoms with Gasteiger partial charge in [0.15, 0.2) is 0 Å². The lowest BCUT2D eigenvalue weighted by atomic mass is 10.0. The number of ether oxygens (including phenoxy) is 1. The Morgan fingerprint density at radius 1 is 1.22 bits per heavy atom. The van der Waals surface area contributed by atoms with Crippen LogP contribution in [-0.4, -0.2) is 12.6 Å². The van der Waals surface area contributed by atoms with Crippen LogP contribution in [0, 0.1) is 12.7 Å². The highest BCUT2D eigenvalue weighted by Gasteiger charge is 2.23. The van der Waals surface area contributed by atoms with Crippen molar-refractivity contribution < 1.29 is 22.7 Å². The Morgan fingerprint density at radius 3 is 2.57 bits per heavy atom. The number of benzene rings is 2. The molecule has 0 heterocycles. The summed E-state index contributed by atoms with van der Waals surface area (Å²) < 4.78 is 44.4.